The van der Waals surface area contributed by atoms with Gasteiger partial charge in [-0.3, -0.25) is 4.79 Å². The molecule has 0 aromatic heterocycles. The summed E-state index contributed by atoms with van der Waals surface area (Å²) < 4.78 is 30.1. The van der Waals surface area contributed by atoms with Gasteiger partial charge in [0, 0.05) is 5.56 Å². The topological polar surface area (TPSA) is 84.8 Å². The van der Waals surface area contributed by atoms with Crippen LogP contribution in [-0.4, -0.2) is 20.5 Å². The van der Waals surface area contributed by atoms with Crippen molar-refractivity contribution < 1.29 is 17.4 Å². The molecule has 11 heteroatoms. The van der Waals surface area contributed by atoms with Gasteiger partial charge in [0.25, 0.3) is 5.91 Å². The highest BCUT2D eigenvalue weighted by atomic mass is 35.5. The van der Waals surface area contributed by atoms with Gasteiger partial charge < -0.3 is 4.18 Å². The van der Waals surface area contributed by atoms with Crippen LogP contribution in [0.3, 0.4) is 0 Å². The zero-order valence-corrected chi connectivity index (χ0v) is 20.1. The minimum atomic E-state index is -4.13. The second-order valence-corrected chi connectivity index (χ2v) is 9.67. The highest BCUT2D eigenvalue weighted by Gasteiger charge is 2.21. The first-order valence-corrected chi connectivity index (χ1v) is 11.8. The fourth-order valence-electron chi connectivity index (χ4n) is 2.46. The summed E-state index contributed by atoms with van der Waals surface area (Å²) in [6, 6.07) is 13.3. The number of hydrogen-bond acceptors (Lipinski definition) is 5. The summed E-state index contributed by atoms with van der Waals surface area (Å²) in [6.07, 6.45) is 1.28. The Hall–Kier alpha value is -2.29. The van der Waals surface area contributed by atoms with Crippen molar-refractivity contribution in [3.63, 3.8) is 0 Å². The Kier molecular flexibility index (Phi) is 7.69. The maximum atomic E-state index is 12.5. The van der Waals surface area contributed by atoms with Gasteiger partial charge in [-0.05, 0) is 55.0 Å². The second-order valence-electron chi connectivity index (χ2n) is 6.49. The van der Waals surface area contributed by atoms with E-state index in [1.807, 2.05) is 6.92 Å². The predicted molar refractivity (Wildman–Crippen MR) is 127 cm³/mol. The predicted octanol–water partition coefficient (Wildman–Crippen LogP) is 6.14. The molecule has 0 radical (unpaired) electrons. The van der Waals surface area contributed by atoms with Gasteiger partial charge >= 0.3 is 10.1 Å². The lowest BCUT2D eigenvalue weighted by atomic mass is 10.2. The summed E-state index contributed by atoms with van der Waals surface area (Å²) in [4.78, 5) is 12.1. The van der Waals surface area contributed by atoms with Gasteiger partial charge in [-0.15, -0.1) is 0 Å². The molecule has 0 heterocycles. The van der Waals surface area contributed by atoms with Gasteiger partial charge in [-0.25, -0.2) is 5.43 Å². The minimum absolute atomic E-state index is 0.0362. The molecule has 3 aromatic rings. The summed E-state index contributed by atoms with van der Waals surface area (Å²) >= 11 is 24.1. The number of aryl methyl sites for hydroxylation is 1. The molecule has 0 bridgehead atoms. The average Bonchev–Trinajstić information content (AvgIpc) is 2.73. The van der Waals surface area contributed by atoms with E-state index in [1.54, 1.807) is 12.1 Å². The van der Waals surface area contributed by atoms with Gasteiger partial charge in [-0.1, -0.05) is 64.1 Å². The highest BCUT2D eigenvalue weighted by Crippen LogP contribution is 2.36. The lowest BCUT2D eigenvalue weighted by molar-refractivity contribution is 0.0955. The Morgan fingerprint density at radius 3 is 2.12 bits per heavy atom. The zero-order valence-electron chi connectivity index (χ0n) is 16.3. The summed E-state index contributed by atoms with van der Waals surface area (Å²) in [6.45, 7) is 1.83. The average molecular weight is 532 g/mol. The molecule has 0 spiro atoms. The van der Waals surface area contributed by atoms with Gasteiger partial charge in [0.15, 0.2) is 5.75 Å². The van der Waals surface area contributed by atoms with Crippen LogP contribution >= 0.6 is 46.4 Å². The molecule has 0 atom stereocenters. The van der Waals surface area contributed by atoms with Crippen LogP contribution < -0.4 is 9.61 Å². The van der Waals surface area contributed by atoms with E-state index in [0.717, 1.165) is 5.56 Å². The normalized spacial score (nSPS) is 11.5. The molecule has 0 aliphatic rings. The fourth-order valence-corrected chi connectivity index (χ4v) is 4.40. The third kappa shape index (κ3) is 5.94. The molecule has 3 aromatic carbocycles. The number of amides is 1. The molecule has 0 unspecified atom stereocenters. The highest BCUT2D eigenvalue weighted by molar-refractivity contribution is 7.87. The number of nitrogens with zero attached hydrogens (tertiary/aromatic N) is 1. The van der Waals surface area contributed by atoms with Crippen LogP contribution in [0.4, 0.5) is 0 Å². The Labute approximate surface area is 204 Å². The maximum Gasteiger partial charge on any atom is 0.339 e. The van der Waals surface area contributed by atoms with Crippen LogP contribution in [0.5, 0.6) is 5.75 Å². The largest absolute Gasteiger partial charge is 0.376 e. The molecule has 0 aliphatic carbocycles. The molecule has 166 valence electrons. The summed E-state index contributed by atoms with van der Waals surface area (Å²) in [5.74, 6) is -0.730. The smallest absolute Gasteiger partial charge is 0.339 e. The van der Waals surface area contributed by atoms with Crippen LogP contribution in [-0.2, 0) is 10.1 Å². The number of halogens is 4. The van der Waals surface area contributed by atoms with Gasteiger partial charge in [0.1, 0.15) is 4.90 Å². The van der Waals surface area contributed by atoms with Crippen molar-refractivity contribution in [2.75, 3.05) is 0 Å². The summed E-state index contributed by atoms with van der Waals surface area (Å²) in [5.41, 5.74) is 3.88. The van der Waals surface area contributed by atoms with Crippen LogP contribution in [0, 0.1) is 6.92 Å². The van der Waals surface area contributed by atoms with E-state index in [2.05, 4.69) is 10.5 Å². The Bertz CT molecular complexity index is 1290. The van der Waals surface area contributed by atoms with E-state index in [9.17, 15) is 13.2 Å². The van der Waals surface area contributed by atoms with Crippen molar-refractivity contribution in [3.8, 4) is 5.75 Å². The molecule has 0 saturated carbocycles. The number of benzene rings is 3. The number of nitrogens with one attached hydrogen (secondary N) is 1. The molecule has 32 heavy (non-hydrogen) atoms. The van der Waals surface area contributed by atoms with Crippen LogP contribution in [0.2, 0.25) is 20.1 Å². The van der Waals surface area contributed by atoms with Crippen LogP contribution in [0.15, 0.2) is 64.6 Å². The standard InChI is InChI=1S/C21H14Cl4N2O4S/c1-12-2-5-15(6-3-12)32(29,30)31-20-18(24)8-13(9-19(20)25)11-26-27-21(28)14-4-7-16(22)17(23)10-14/h2-11H,1H3,(H,27,28)/b26-11-. The van der Waals surface area contributed by atoms with E-state index in [-0.39, 0.29) is 31.3 Å². The number of carbonyl (C=O) groups excluding carboxylic acids is 1. The Balaban J connectivity index is 1.74. The number of carbonyl (C=O) groups is 1. The second kappa shape index (κ2) is 10.1. The number of hydrogen-bond donors (Lipinski definition) is 1. The lowest BCUT2D eigenvalue weighted by Gasteiger charge is -2.11. The van der Waals surface area contributed by atoms with Crippen molar-refractivity contribution in [2.24, 2.45) is 5.10 Å². The van der Waals surface area contributed by atoms with Crippen molar-refractivity contribution in [2.45, 2.75) is 11.8 Å². The first-order valence-electron chi connectivity index (χ1n) is 8.85. The van der Waals surface area contributed by atoms with Crippen molar-refractivity contribution in [1.82, 2.24) is 5.43 Å². The van der Waals surface area contributed by atoms with Crippen molar-refractivity contribution in [3.05, 3.63) is 91.4 Å². The Morgan fingerprint density at radius 1 is 0.906 bits per heavy atom. The minimum Gasteiger partial charge on any atom is -0.376 e. The zero-order chi connectivity index (χ0) is 23.5. The molecular weight excluding hydrogens is 518 g/mol. The van der Waals surface area contributed by atoms with E-state index in [1.165, 1.54) is 48.7 Å². The van der Waals surface area contributed by atoms with Crippen molar-refractivity contribution >= 4 is 68.6 Å². The number of hydrazone groups is 1. The van der Waals surface area contributed by atoms with Gasteiger partial charge in [0.05, 0.1) is 26.3 Å². The van der Waals surface area contributed by atoms with Gasteiger partial charge in [0.2, 0.25) is 0 Å². The summed E-state index contributed by atoms with van der Waals surface area (Å²) in [7, 11) is -4.13. The van der Waals surface area contributed by atoms with Crippen LogP contribution in [0.1, 0.15) is 21.5 Å². The molecule has 0 aliphatic heterocycles. The molecule has 0 fully saturated rings. The van der Waals surface area contributed by atoms with Crippen LogP contribution in [0.25, 0.3) is 0 Å². The quantitative estimate of drug-likeness (QED) is 0.235. The van der Waals surface area contributed by atoms with Crippen molar-refractivity contribution in [1.29, 1.82) is 0 Å². The first kappa shape index (κ1) is 24.4. The van der Waals surface area contributed by atoms with E-state index >= 15 is 0 Å². The first-order chi connectivity index (χ1) is 15.1. The van der Waals surface area contributed by atoms with E-state index < -0.39 is 16.0 Å². The van der Waals surface area contributed by atoms with Gasteiger partial charge in [-0.2, -0.15) is 13.5 Å². The molecule has 6 nitrogen and oxygen atoms in total. The number of rotatable bonds is 6. The third-order valence-corrected chi connectivity index (χ3v) is 6.62. The van der Waals surface area contributed by atoms with E-state index in [4.69, 9.17) is 50.6 Å². The molecule has 0 saturated heterocycles. The lowest BCUT2D eigenvalue weighted by Crippen LogP contribution is -2.17. The maximum absolute atomic E-state index is 12.5. The van der Waals surface area contributed by atoms with E-state index in [0.29, 0.717) is 10.6 Å². The fraction of sp³-hybridized carbons (Fsp3) is 0.0476. The third-order valence-electron chi connectivity index (χ3n) is 4.08. The molecule has 1 amide bonds. The SMILES string of the molecule is Cc1ccc(S(=O)(=O)Oc2c(Cl)cc(/C=N\NC(=O)c3ccc(Cl)c(Cl)c3)cc2Cl)cc1. The molecular formula is C21H14Cl4N2O4S. The Morgan fingerprint density at radius 2 is 1.53 bits per heavy atom. The summed E-state index contributed by atoms with van der Waals surface area (Å²) in [5, 5.41) is 4.29. The molecule has 3 rings (SSSR count). The molecule has 1 N–H and O–H groups in total. The monoisotopic (exact) mass is 530 g/mol.